The molecule has 3 aromatic rings. The van der Waals surface area contributed by atoms with E-state index in [0.29, 0.717) is 11.4 Å². The Morgan fingerprint density at radius 1 is 1.15 bits per heavy atom. The summed E-state index contributed by atoms with van der Waals surface area (Å²) in [7, 11) is 0. The first-order valence-electron chi connectivity index (χ1n) is 6.50. The number of hydrogen-bond donors (Lipinski definition) is 0. The molecule has 0 spiro atoms. The first kappa shape index (κ1) is 13.2. The average Bonchev–Trinajstić information content (AvgIpc) is 2.85. The Kier molecular flexibility index (Phi) is 3.49. The van der Waals surface area contributed by atoms with Gasteiger partial charge in [-0.2, -0.15) is 0 Å². The van der Waals surface area contributed by atoms with Crippen LogP contribution in [0.5, 0.6) is 0 Å². The van der Waals surface area contributed by atoms with Crippen molar-refractivity contribution in [1.82, 2.24) is 4.57 Å². The fraction of sp³-hybridized carbons (Fsp3) is 0.118. The van der Waals surface area contributed by atoms with E-state index in [2.05, 4.69) is 11.5 Å². The molecular weight excluding hydrogens is 273 g/mol. The Morgan fingerprint density at radius 2 is 1.95 bits per heavy atom. The van der Waals surface area contributed by atoms with Gasteiger partial charge in [-0.3, -0.25) is 0 Å². The Balaban J connectivity index is 2.17. The maximum atomic E-state index is 13.4. The zero-order valence-electron chi connectivity index (χ0n) is 10.9. The molecule has 0 saturated heterocycles. The fourth-order valence-corrected chi connectivity index (χ4v) is 2.89. The van der Waals surface area contributed by atoms with E-state index >= 15 is 0 Å². The van der Waals surface area contributed by atoms with Crippen molar-refractivity contribution in [3.05, 3.63) is 78.1 Å². The number of rotatable bonds is 3. The van der Waals surface area contributed by atoms with E-state index in [1.54, 1.807) is 12.1 Å². The van der Waals surface area contributed by atoms with E-state index in [4.69, 9.17) is 11.6 Å². The molecule has 0 bridgehead atoms. The minimum Gasteiger partial charge on any atom is -0.339 e. The lowest BCUT2D eigenvalue weighted by atomic mass is 10.0. The van der Waals surface area contributed by atoms with Gasteiger partial charge in [0.1, 0.15) is 5.82 Å². The molecule has 2 aromatic carbocycles. The van der Waals surface area contributed by atoms with Crippen molar-refractivity contribution < 1.29 is 4.39 Å². The maximum absolute atomic E-state index is 13.4. The van der Waals surface area contributed by atoms with Crippen LogP contribution in [0.4, 0.5) is 4.39 Å². The SMILES string of the molecule is [CH2]CC(c1cccc(F)c1)n1ccc2cccc(Cl)c21. The molecule has 101 valence electrons. The number of aromatic nitrogens is 1. The summed E-state index contributed by atoms with van der Waals surface area (Å²) >= 11 is 6.31. The highest BCUT2D eigenvalue weighted by molar-refractivity contribution is 6.35. The first-order chi connectivity index (χ1) is 9.70. The molecule has 1 unspecified atom stereocenters. The second-order valence-electron chi connectivity index (χ2n) is 4.76. The highest BCUT2D eigenvalue weighted by atomic mass is 35.5. The van der Waals surface area contributed by atoms with Crippen molar-refractivity contribution >= 4 is 22.5 Å². The van der Waals surface area contributed by atoms with Gasteiger partial charge in [-0.1, -0.05) is 42.8 Å². The van der Waals surface area contributed by atoms with E-state index in [1.807, 2.05) is 36.5 Å². The van der Waals surface area contributed by atoms with Gasteiger partial charge in [0.2, 0.25) is 0 Å². The molecule has 20 heavy (non-hydrogen) atoms. The molecule has 3 heteroatoms. The van der Waals surface area contributed by atoms with E-state index in [-0.39, 0.29) is 11.9 Å². The van der Waals surface area contributed by atoms with Crippen molar-refractivity contribution in [3.63, 3.8) is 0 Å². The molecule has 1 nitrogen and oxygen atoms in total. The molecule has 1 heterocycles. The number of halogens is 2. The van der Waals surface area contributed by atoms with Crippen LogP contribution < -0.4 is 0 Å². The van der Waals surface area contributed by atoms with Gasteiger partial charge < -0.3 is 4.57 Å². The Morgan fingerprint density at radius 3 is 2.70 bits per heavy atom. The summed E-state index contributed by atoms with van der Waals surface area (Å²) in [5.41, 5.74) is 1.87. The molecule has 1 radical (unpaired) electrons. The maximum Gasteiger partial charge on any atom is 0.123 e. The van der Waals surface area contributed by atoms with Crippen LogP contribution in [0.1, 0.15) is 18.0 Å². The monoisotopic (exact) mass is 286 g/mol. The van der Waals surface area contributed by atoms with Crippen LogP contribution in [0, 0.1) is 12.7 Å². The lowest BCUT2D eigenvalue weighted by Gasteiger charge is -2.19. The van der Waals surface area contributed by atoms with Crippen LogP contribution in [0.25, 0.3) is 10.9 Å². The van der Waals surface area contributed by atoms with E-state index in [1.165, 1.54) is 6.07 Å². The third-order valence-corrected chi connectivity index (χ3v) is 3.84. The topological polar surface area (TPSA) is 4.93 Å². The Hall–Kier alpha value is -1.80. The summed E-state index contributed by atoms with van der Waals surface area (Å²) in [5, 5.41) is 1.77. The summed E-state index contributed by atoms with van der Waals surface area (Å²) in [5.74, 6) is -0.233. The fourth-order valence-electron chi connectivity index (χ4n) is 2.61. The van der Waals surface area contributed by atoms with E-state index in [0.717, 1.165) is 16.5 Å². The van der Waals surface area contributed by atoms with E-state index in [9.17, 15) is 4.39 Å². The van der Waals surface area contributed by atoms with Crippen molar-refractivity contribution in [1.29, 1.82) is 0 Å². The third-order valence-electron chi connectivity index (χ3n) is 3.53. The van der Waals surface area contributed by atoms with Crippen molar-refractivity contribution in [2.45, 2.75) is 12.5 Å². The molecule has 0 aliphatic rings. The largest absolute Gasteiger partial charge is 0.339 e. The smallest absolute Gasteiger partial charge is 0.123 e. The summed E-state index contributed by atoms with van der Waals surface area (Å²) in [4.78, 5) is 0. The Bertz CT molecular complexity index is 748. The van der Waals surface area contributed by atoms with Crippen molar-refractivity contribution in [2.75, 3.05) is 0 Å². The van der Waals surface area contributed by atoms with Gasteiger partial charge in [-0.25, -0.2) is 4.39 Å². The van der Waals surface area contributed by atoms with Gasteiger partial charge in [-0.05, 0) is 36.2 Å². The normalized spacial score (nSPS) is 12.8. The molecule has 1 aromatic heterocycles. The van der Waals surface area contributed by atoms with Crippen molar-refractivity contribution in [3.8, 4) is 0 Å². The molecule has 0 fully saturated rings. The second kappa shape index (κ2) is 5.29. The number of fused-ring (bicyclic) bond motifs is 1. The van der Waals surface area contributed by atoms with Crippen molar-refractivity contribution in [2.24, 2.45) is 0 Å². The molecule has 0 aliphatic heterocycles. The Labute approximate surface area is 122 Å². The molecular formula is C17H14ClFN. The van der Waals surface area contributed by atoms with Crippen LogP contribution in [-0.4, -0.2) is 4.57 Å². The summed E-state index contributed by atoms with van der Waals surface area (Å²) in [6.07, 6.45) is 2.61. The van der Waals surface area contributed by atoms with Gasteiger partial charge in [0.25, 0.3) is 0 Å². The van der Waals surface area contributed by atoms with Crippen LogP contribution in [0.3, 0.4) is 0 Å². The number of benzene rings is 2. The highest BCUT2D eigenvalue weighted by Crippen LogP contribution is 2.31. The number of hydrogen-bond acceptors (Lipinski definition) is 0. The predicted octanol–water partition coefficient (Wildman–Crippen LogP) is 5.25. The first-order valence-corrected chi connectivity index (χ1v) is 6.88. The lowest BCUT2D eigenvalue weighted by Crippen LogP contribution is -2.09. The third kappa shape index (κ3) is 2.20. The molecule has 0 amide bonds. The number of para-hydroxylation sites is 1. The highest BCUT2D eigenvalue weighted by Gasteiger charge is 2.15. The summed E-state index contributed by atoms with van der Waals surface area (Å²) in [6.45, 7) is 4.00. The molecule has 1 atom stereocenters. The van der Waals surface area contributed by atoms with Crippen LogP contribution >= 0.6 is 11.6 Å². The molecule has 0 saturated carbocycles. The minimum atomic E-state index is -0.233. The van der Waals surface area contributed by atoms with Gasteiger partial charge in [0.15, 0.2) is 0 Å². The van der Waals surface area contributed by atoms with Gasteiger partial charge in [0.05, 0.1) is 16.6 Å². The van der Waals surface area contributed by atoms with Crippen LogP contribution in [0.15, 0.2) is 54.7 Å². The van der Waals surface area contributed by atoms with Crippen LogP contribution in [-0.2, 0) is 0 Å². The zero-order chi connectivity index (χ0) is 14.1. The average molecular weight is 287 g/mol. The summed E-state index contributed by atoms with van der Waals surface area (Å²) < 4.78 is 15.5. The number of nitrogens with zero attached hydrogens (tertiary/aromatic N) is 1. The quantitative estimate of drug-likeness (QED) is 0.620. The predicted molar refractivity (Wildman–Crippen MR) is 81.5 cm³/mol. The lowest BCUT2D eigenvalue weighted by molar-refractivity contribution is 0.590. The second-order valence-corrected chi connectivity index (χ2v) is 5.17. The van der Waals surface area contributed by atoms with E-state index < -0.39 is 0 Å². The molecule has 0 N–H and O–H groups in total. The molecule has 3 rings (SSSR count). The zero-order valence-corrected chi connectivity index (χ0v) is 11.6. The molecule has 0 aliphatic carbocycles. The van der Waals surface area contributed by atoms with Gasteiger partial charge in [0, 0.05) is 11.6 Å². The van der Waals surface area contributed by atoms with Gasteiger partial charge >= 0.3 is 0 Å². The minimum absolute atomic E-state index is 0.0249. The standard InChI is InChI=1S/C17H14ClFN/c1-2-16(13-6-3-7-14(19)11-13)20-10-9-12-5-4-8-15(18)17(12)20/h3-11,16H,1-2H2. The van der Waals surface area contributed by atoms with Crippen LogP contribution in [0.2, 0.25) is 5.02 Å². The van der Waals surface area contributed by atoms with Gasteiger partial charge in [-0.15, -0.1) is 0 Å². The summed E-state index contributed by atoms with van der Waals surface area (Å²) in [6, 6.07) is 14.4.